The first-order valence-electron chi connectivity index (χ1n) is 10.0. The molecule has 1 aromatic heterocycles. The van der Waals surface area contributed by atoms with Gasteiger partial charge in [-0.1, -0.05) is 24.3 Å². The van der Waals surface area contributed by atoms with Crippen molar-refractivity contribution in [2.75, 3.05) is 21.3 Å². The maximum Gasteiger partial charge on any atom is 0.305 e. The molecule has 0 fully saturated rings. The summed E-state index contributed by atoms with van der Waals surface area (Å²) in [5.41, 5.74) is 3.00. The first-order chi connectivity index (χ1) is 14.7. The Morgan fingerprint density at radius 2 is 1.77 bits per heavy atom. The van der Waals surface area contributed by atoms with Crippen molar-refractivity contribution >= 4 is 16.9 Å². The van der Waals surface area contributed by atoms with Crippen LogP contribution in [0.5, 0.6) is 11.5 Å². The van der Waals surface area contributed by atoms with Crippen molar-refractivity contribution in [3.8, 4) is 11.5 Å². The molecule has 3 aromatic rings. The molecule has 6 heteroatoms. The summed E-state index contributed by atoms with van der Waals surface area (Å²) in [6.45, 7) is 0.627. The van der Waals surface area contributed by atoms with Gasteiger partial charge in [0, 0.05) is 30.6 Å². The molecular formula is C24H28N2O4. The number of benzene rings is 2. The highest BCUT2D eigenvalue weighted by Gasteiger charge is 2.21. The Kier molecular flexibility index (Phi) is 7.63. The lowest BCUT2D eigenvalue weighted by atomic mass is 9.98. The van der Waals surface area contributed by atoms with E-state index in [1.54, 1.807) is 14.2 Å². The molecule has 0 aliphatic heterocycles. The Labute approximate surface area is 177 Å². The van der Waals surface area contributed by atoms with Gasteiger partial charge in [0.25, 0.3) is 0 Å². The number of hydrogen-bond acceptors (Lipinski definition) is 6. The zero-order valence-electron chi connectivity index (χ0n) is 17.7. The van der Waals surface area contributed by atoms with E-state index in [0.717, 1.165) is 39.9 Å². The minimum absolute atomic E-state index is 0.0628. The number of esters is 1. The highest BCUT2D eigenvalue weighted by molar-refractivity contribution is 5.78. The van der Waals surface area contributed by atoms with Gasteiger partial charge in [-0.3, -0.25) is 9.78 Å². The van der Waals surface area contributed by atoms with E-state index in [1.165, 1.54) is 7.11 Å². The lowest BCUT2D eigenvalue weighted by Gasteiger charge is -2.23. The maximum absolute atomic E-state index is 11.6. The fourth-order valence-corrected chi connectivity index (χ4v) is 3.58. The largest absolute Gasteiger partial charge is 0.496 e. The highest BCUT2D eigenvalue weighted by Crippen LogP contribution is 2.36. The number of hydrogen-bond donors (Lipinski definition) is 1. The van der Waals surface area contributed by atoms with Gasteiger partial charge in [0.05, 0.1) is 32.4 Å². The van der Waals surface area contributed by atoms with Gasteiger partial charge >= 0.3 is 5.97 Å². The number of fused-ring (bicyclic) bond motifs is 1. The molecule has 0 spiro atoms. The number of nitrogens with one attached hydrogen (secondary N) is 1. The van der Waals surface area contributed by atoms with Crippen molar-refractivity contribution in [1.29, 1.82) is 0 Å². The molecule has 2 aromatic carbocycles. The van der Waals surface area contributed by atoms with Crippen LogP contribution in [0.25, 0.3) is 10.9 Å². The first-order valence-corrected chi connectivity index (χ1v) is 10.0. The first kappa shape index (κ1) is 21.6. The molecule has 0 saturated carbocycles. The van der Waals surface area contributed by atoms with Gasteiger partial charge in [-0.05, 0) is 42.7 Å². The van der Waals surface area contributed by atoms with Crippen molar-refractivity contribution < 1.29 is 19.0 Å². The predicted octanol–water partition coefficient (Wildman–Crippen LogP) is 4.43. The minimum Gasteiger partial charge on any atom is -0.496 e. The SMILES string of the molecule is COC(=O)CCCC(NCc1cnc2ccccc2c1)c1c(OC)cccc1OC. The standard InChI is InChI=1S/C24H28N2O4/c1-28-21-11-7-12-22(29-2)24(21)20(10-6-13-23(27)30-3)26-16-17-14-18-8-4-5-9-19(18)25-15-17/h4-5,7-9,11-12,14-15,20,26H,6,10,13,16H2,1-3H3. The fraction of sp³-hybridized carbons (Fsp3) is 0.333. The van der Waals surface area contributed by atoms with Crippen molar-refractivity contribution in [3.05, 3.63) is 65.9 Å². The topological polar surface area (TPSA) is 69.7 Å². The molecule has 158 valence electrons. The second-order valence-electron chi connectivity index (χ2n) is 7.01. The van der Waals surface area contributed by atoms with Gasteiger partial charge in [-0.2, -0.15) is 0 Å². The van der Waals surface area contributed by atoms with Crippen LogP contribution in [-0.2, 0) is 16.1 Å². The summed E-state index contributed by atoms with van der Waals surface area (Å²) in [6, 6.07) is 15.9. The van der Waals surface area contributed by atoms with Crippen molar-refractivity contribution in [3.63, 3.8) is 0 Å². The summed E-state index contributed by atoms with van der Waals surface area (Å²) in [4.78, 5) is 16.1. The molecule has 0 aliphatic carbocycles. The molecule has 0 radical (unpaired) electrons. The summed E-state index contributed by atoms with van der Waals surface area (Å²) in [6.07, 6.45) is 3.67. The van der Waals surface area contributed by atoms with Crippen LogP contribution in [0.1, 0.15) is 36.4 Å². The molecule has 0 saturated heterocycles. The molecule has 0 aliphatic rings. The number of methoxy groups -OCH3 is 3. The predicted molar refractivity (Wildman–Crippen MR) is 117 cm³/mol. The molecule has 1 atom stereocenters. The van der Waals surface area contributed by atoms with Gasteiger partial charge in [0.2, 0.25) is 0 Å². The molecule has 6 nitrogen and oxygen atoms in total. The molecular weight excluding hydrogens is 380 g/mol. The summed E-state index contributed by atoms with van der Waals surface area (Å²) in [7, 11) is 4.71. The number of carbonyl (C=O) groups is 1. The number of carbonyl (C=O) groups excluding carboxylic acids is 1. The van der Waals surface area contributed by atoms with Crippen LogP contribution >= 0.6 is 0 Å². The Hall–Kier alpha value is -3.12. The number of pyridine rings is 1. The molecule has 0 bridgehead atoms. The van der Waals surface area contributed by atoms with E-state index < -0.39 is 0 Å². The summed E-state index contributed by atoms with van der Waals surface area (Å²) >= 11 is 0. The molecule has 1 heterocycles. The van der Waals surface area contributed by atoms with Gasteiger partial charge in [-0.25, -0.2) is 0 Å². The fourth-order valence-electron chi connectivity index (χ4n) is 3.58. The summed E-state index contributed by atoms with van der Waals surface area (Å²) in [5.74, 6) is 1.29. The quantitative estimate of drug-likeness (QED) is 0.501. The average Bonchev–Trinajstić information content (AvgIpc) is 2.80. The van der Waals surface area contributed by atoms with Crippen LogP contribution in [0.3, 0.4) is 0 Å². The van der Waals surface area contributed by atoms with E-state index in [2.05, 4.69) is 22.4 Å². The van der Waals surface area contributed by atoms with Gasteiger partial charge < -0.3 is 19.5 Å². The normalized spacial score (nSPS) is 11.8. The van der Waals surface area contributed by atoms with E-state index in [-0.39, 0.29) is 12.0 Å². The zero-order valence-corrected chi connectivity index (χ0v) is 17.7. The van der Waals surface area contributed by atoms with E-state index in [4.69, 9.17) is 14.2 Å². The van der Waals surface area contributed by atoms with Crippen LogP contribution in [0, 0.1) is 0 Å². The molecule has 1 N–H and O–H groups in total. The summed E-state index contributed by atoms with van der Waals surface area (Å²) in [5, 5.41) is 4.71. The van der Waals surface area contributed by atoms with Gasteiger partial charge in [0.1, 0.15) is 11.5 Å². The molecule has 0 amide bonds. The second-order valence-corrected chi connectivity index (χ2v) is 7.01. The third-order valence-corrected chi connectivity index (χ3v) is 5.12. The second kappa shape index (κ2) is 10.6. The number of rotatable bonds is 10. The third-order valence-electron chi connectivity index (χ3n) is 5.12. The van der Waals surface area contributed by atoms with Crippen molar-refractivity contribution in [1.82, 2.24) is 10.3 Å². The Morgan fingerprint density at radius 3 is 2.47 bits per heavy atom. The number of para-hydroxylation sites is 1. The van der Waals surface area contributed by atoms with E-state index in [9.17, 15) is 4.79 Å². The number of aromatic nitrogens is 1. The van der Waals surface area contributed by atoms with Crippen molar-refractivity contribution in [2.24, 2.45) is 0 Å². The van der Waals surface area contributed by atoms with E-state index in [0.29, 0.717) is 19.4 Å². The van der Waals surface area contributed by atoms with E-state index in [1.807, 2.05) is 42.6 Å². The number of ether oxygens (including phenoxy) is 3. The highest BCUT2D eigenvalue weighted by atomic mass is 16.5. The zero-order chi connectivity index (χ0) is 21.3. The molecule has 30 heavy (non-hydrogen) atoms. The Balaban J connectivity index is 1.82. The van der Waals surface area contributed by atoms with Crippen LogP contribution in [0.4, 0.5) is 0 Å². The van der Waals surface area contributed by atoms with Crippen LogP contribution in [-0.4, -0.2) is 32.3 Å². The van der Waals surface area contributed by atoms with E-state index >= 15 is 0 Å². The third kappa shape index (κ3) is 5.27. The van der Waals surface area contributed by atoms with Gasteiger partial charge in [0.15, 0.2) is 0 Å². The van der Waals surface area contributed by atoms with Crippen LogP contribution in [0.15, 0.2) is 54.7 Å². The lowest BCUT2D eigenvalue weighted by molar-refractivity contribution is -0.140. The minimum atomic E-state index is -0.209. The van der Waals surface area contributed by atoms with Gasteiger partial charge in [-0.15, -0.1) is 0 Å². The number of nitrogens with zero attached hydrogens (tertiary/aromatic N) is 1. The van der Waals surface area contributed by atoms with Crippen molar-refractivity contribution in [2.45, 2.75) is 31.8 Å². The Bertz CT molecular complexity index is 968. The average molecular weight is 408 g/mol. The summed E-state index contributed by atoms with van der Waals surface area (Å²) < 4.78 is 16.0. The maximum atomic E-state index is 11.6. The molecule has 3 rings (SSSR count). The molecule has 1 unspecified atom stereocenters. The smallest absolute Gasteiger partial charge is 0.305 e. The Morgan fingerprint density at radius 1 is 1.03 bits per heavy atom. The monoisotopic (exact) mass is 408 g/mol. The lowest BCUT2D eigenvalue weighted by Crippen LogP contribution is -2.22. The van der Waals surface area contributed by atoms with Crippen LogP contribution in [0.2, 0.25) is 0 Å². The van der Waals surface area contributed by atoms with Crippen LogP contribution < -0.4 is 14.8 Å².